The Bertz CT molecular complexity index is 854. The number of hydrogen-bond acceptors (Lipinski definition) is 4. The molecule has 0 atom stereocenters. The fourth-order valence-electron chi connectivity index (χ4n) is 2.46. The predicted molar refractivity (Wildman–Crippen MR) is 99.9 cm³/mol. The molecular formula is C19H19F3N2O3S. The molecular weight excluding hydrogens is 393 g/mol. The minimum absolute atomic E-state index is 0.0959. The van der Waals surface area contributed by atoms with Crippen LogP contribution in [0.5, 0.6) is 0 Å². The van der Waals surface area contributed by atoms with Gasteiger partial charge in [0.1, 0.15) is 5.82 Å². The molecule has 0 saturated heterocycles. The predicted octanol–water partition coefficient (Wildman–Crippen LogP) is 3.89. The van der Waals surface area contributed by atoms with Gasteiger partial charge in [-0.15, -0.1) is 11.3 Å². The van der Waals surface area contributed by atoms with Crippen LogP contribution in [0.1, 0.15) is 36.1 Å². The third-order valence-electron chi connectivity index (χ3n) is 3.84. The fraction of sp³-hybridized carbons (Fsp3) is 0.263. The summed E-state index contributed by atoms with van der Waals surface area (Å²) in [5.74, 6) is -4.48. The van der Waals surface area contributed by atoms with Gasteiger partial charge in [-0.25, -0.2) is 18.7 Å². The number of unbranched alkanes of at least 4 members (excludes halogenated alkanes) is 2. The summed E-state index contributed by atoms with van der Waals surface area (Å²) in [6.07, 6.45) is 3.08. The molecule has 150 valence electrons. The Kier molecular flexibility index (Phi) is 8.21. The molecule has 0 aliphatic rings. The Morgan fingerprint density at radius 2 is 1.93 bits per heavy atom. The number of halogens is 3. The molecule has 3 N–H and O–H groups in total. The van der Waals surface area contributed by atoms with Gasteiger partial charge in [-0.3, -0.25) is 14.8 Å². The van der Waals surface area contributed by atoms with Crippen molar-refractivity contribution in [1.82, 2.24) is 10.8 Å². The van der Waals surface area contributed by atoms with Gasteiger partial charge in [0.05, 0.1) is 5.57 Å². The van der Waals surface area contributed by atoms with Crippen molar-refractivity contribution in [2.24, 2.45) is 0 Å². The van der Waals surface area contributed by atoms with Gasteiger partial charge in [-0.1, -0.05) is 12.5 Å². The topological polar surface area (TPSA) is 78.4 Å². The van der Waals surface area contributed by atoms with Crippen LogP contribution in [-0.2, 0) is 9.59 Å². The molecule has 0 aliphatic heterocycles. The average Bonchev–Trinajstić information content (AvgIpc) is 3.20. The molecule has 1 aromatic heterocycles. The van der Waals surface area contributed by atoms with Gasteiger partial charge in [-0.2, -0.15) is 0 Å². The van der Waals surface area contributed by atoms with Gasteiger partial charge in [0.25, 0.3) is 5.91 Å². The summed E-state index contributed by atoms with van der Waals surface area (Å²) in [5, 5.41) is 12.8. The molecule has 1 aromatic carbocycles. The van der Waals surface area contributed by atoms with Crippen molar-refractivity contribution in [2.45, 2.75) is 25.7 Å². The molecule has 2 aromatic rings. The van der Waals surface area contributed by atoms with Crippen molar-refractivity contribution in [2.75, 3.05) is 6.54 Å². The van der Waals surface area contributed by atoms with Crippen LogP contribution in [0, 0.1) is 17.5 Å². The zero-order valence-electron chi connectivity index (χ0n) is 14.8. The largest absolute Gasteiger partial charge is 0.352 e. The smallest absolute Gasteiger partial charge is 0.252 e. The monoisotopic (exact) mass is 412 g/mol. The quantitative estimate of drug-likeness (QED) is 0.192. The Labute approximate surface area is 163 Å². The Hall–Kier alpha value is -2.65. The lowest BCUT2D eigenvalue weighted by atomic mass is 10.1. The minimum Gasteiger partial charge on any atom is -0.352 e. The molecule has 2 amide bonds. The van der Waals surface area contributed by atoms with E-state index in [1.165, 1.54) is 11.3 Å². The first kappa shape index (κ1) is 21.6. The molecule has 0 radical (unpaired) electrons. The summed E-state index contributed by atoms with van der Waals surface area (Å²) in [5.41, 5.74) is 1.28. The maximum absolute atomic E-state index is 14.0. The Morgan fingerprint density at radius 3 is 2.61 bits per heavy atom. The number of nitrogens with one attached hydrogen (secondary N) is 2. The van der Waals surface area contributed by atoms with E-state index in [4.69, 9.17) is 5.21 Å². The number of benzene rings is 1. The molecule has 9 heteroatoms. The van der Waals surface area contributed by atoms with Crippen LogP contribution < -0.4 is 10.8 Å². The highest BCUT2D eigenvalue weighted by molar-refractivity contribution is 7.11. The molecule has 0 saturated carbocycles. The van der Waals surface area contributed by atoms with E-state index >= 15 is 0 Å². The van der Waals surface area contributed by atoms with Crippen molar-refractivity contribution in [3.05, 3.63) is 57.5 Å². The van der Waals surface area contributed by atoms with E-state index in [-0.39, 0.29) is 17.6 Å². The molecule has 0 bridgehead atoms. The van der Waals surface area contributed by atoms with Crippen molar-refractivity contribution in [3.8, 4) is 0 Å². The summed E-state index contributed by atoms with van der Waals surface area (Å²) >= 11 is 1.24. The molecule has 0 fully saturated rings. The molecule has 28 heavy (non-hydrogen) atoms. The lowest BCUT2D eigenvalue weighted by Crippen LogP contribution is -2.25. The average molecular weight is 412 g/mol. The minimum atomic E-state index is -1.33. The number of thiophene rings is 1. The summed E-state index contributed by atoms with van der Waals surface area (Å²) in [4.78, 5) is 24.0. The Morgan fingerprint density at radius 1 is 1.14 bits per heavy atom. The van der Waals surface area contributed by atoms with Crippen molar-refractivity contribution in [1.29, 1.82) is 0 Å². The van der Waals surface area contributed by atoms with Gasteiger partial charge in [0.15, 0.2) is 11.6 Å². The first-order valence-corrected chi connectivity index (χ1v) is 9.41. The van der Waals surface area contributed by atoms with E-state index in [0.29, 0.717) is 36.8 Å². The number of hydrogen-bond donors (Lipinski definition) is 3. The number of hydroxylamine groups is 1. The van der Waals surface area contributed by atoms with Crippen molar-refractivity contribution >= 4 is 34.8 Å². The standard InChI is InChI=1S/C19H19F3N2O3S/c20-13-9-12(18(22)15(21)11-13)10-14(16-5-4-8-28-16)19(26)23-7-3-1-2-6-17(25)24-27/h4-5,8-11,27H,1-3,6-7H2,(H,23,26)(H,24,25)/b14-10+. The molecule has 0 aliphatic carbocycles. The second kappa shape index (κ2) is 10.6. The van der Waals surface area contributed by atoms with Crippen molar-refractivity contribution in [3.63, 3.8) is 0 Å². The number of rotatable bonds is 9. The van der Waals surface area contributed by atoms with Crippen molar-refractivity contribution < 1.29 is 28.0 Å². The lowest BCUT2D eigenvalue weighted by Gasteiger charge is -2.09. The molecule has 2 rings (SSSR count). The van der Waals surface area contributed by atoms with E-state index in [2.05, 4.69) is 5.32 Å². The highest BCUT2D eigenvalue weighted by atomic mass is 32.1. The van der Waals surface area contributed by atoms with Crippen LogP contribution in [0.4, 0.5) is 13.2 Å². The number of carbonyl (C=O) groups is 2. The zero-order valence-corrected chi connectivity index (χ0v) is 15.6. The van der Waals surface area contributed by atoms with E-state index in [0.717, 1.165) is 12.1 Å². The van der Waals surface area contributed by atoms with Crippen LogP contribution in [0.3, 0.4) is 0 Å². The van der Waals surface area contributed by atoms with Crippen LogP contribution in [0.15, 0.2) is 29.6 Å². The summed E-state index contributed by atoms with van der Waals surface area (Å²) in [6, 6.07) is 4.62. The lowest BCUT2D eigenvalue weighted by molar-refractivity contribution is -0.129. The number of carbonyl (C=O) groups excluding carboxylic acids is 2. The summed E-state index contributed by atoms with van der Waals surface area (Å²) in [6.45, 7) is 0.308. The van der Waals surface area contributed by atoms with Gasteiger partial charge < -0.3 is 5.32 Å². The van der Waals surface area contributed by atoms with E-state index < -0.39 is 29.3 Å². The van der Waals surface area contributed by atoms with Gasteiger partial charge in [-0.05, 0) is 36.4 Å². The second-order valence-electron chi connectivity index (χ2n) is 5.93. The third-order valence-corrected chi connectivity index (χ3v) is 4.75. The van der Waals surface area contributed by atoms with E-state index in [9.17, 15) is 22.8 Å². The van der Waals surface area contributed by atoms with E-state index in [1.807, 2.05) is 0 Å². The van der Waals surface area contributed by atoms with Crippen LogP contribution in [-0.4, -0.2) is 23.6 Å². The number of amides is 2. The van der Waals surface area contributed by atoms with Crippen LogP contribution in [0.2, 0.25) is 0 Å². The van der Waals surface area contributed by atoms with Gasteiger partial charge in [0.2, 0.25) is 5.91 Å². The van der Waals surface area contributed by atoms with Crippen LogP contribution in [0.25, 0.3) is 11.6 Å². The maximum Gasteiger partial charge on any atom is 0.252 e. The first-order chi connectivity index (χ1) is 13.4. The SMILES string of the molecule is O=C(CCCCCNC(=O)/C(=C/c1cc(F)cc(F)c1F)c1cccs1)NO. The molecule has 0 spiro atoms. The Balaban J connectivity index is 2.06. The summed E-state index contributed by atoms with van der Waals surface area (Å²) < 4.78 is 40.8. The first-order valence-electron chi connectivity index (χ1n) is 8.53. The van der Waals surface area contributed by atoms with E-state index in [1.54, 1.807) is 23.0 Å². The fourth-order valence-corrected chi connectivity index (χ4v) is 3.20. The maximum atomic E-state index is 14.0. The highest BCUT2D eigenvalue weighted by Crippen LogP contribution is 2.25. The molecule has 0 unspecified atom stereocenters. The van der Waals surface area contributed by atoms with Gasteiger partial charge >= 0.3 is 0 Å². The van der Waals surface area contributed by atoms with Gasteiger partial charge in [0, 0.05) is 29.5 Å². The summed E-state index contributed by atoms with van der Waals surface area (Å²) in [7, 11) is 0. The molecule has 5 nitrogen and oxygen atoms in total. The third kappa shape index (κ3) is 6.21. The molecule has 1 heterocycles. The normalized spacial score (nSPS) is 11.4. The highest BCUT2D eigenvalue weighted by Gasteiger charge is 2.16. The second-order valence-corrected chi connectivity index (χ2v) is 6.88. The zero-order chi connectivity index (χ0) is 20.5. The van der Waals surface area contributed by atoms with Crippen LogP contribution >= 0.6 is 11.3 Å².